The second-order valence-corrected chi connectivity index (χ2v) is 8.36. The summed E-state index contributed by atoms with van der Waals surface area (Å²) in [6, 6.07) is 6.10. The Morgan fingerprint density at radius 1 is 1.10 bits per heavy atom. The van der Waals surface area contributed by atoms with Crippen molar-refractivity contribution in [2.24, 2.45) is 17.4 Å². The smallest absolute Gasteiger partial charge is 0.246 e. The Labute approximate surface area is 182 Å². The van der Waals surface area contributed by atoms with E-state index in [2.05, 4.69) is 10.6 Å². The van der Waals surface area contributed by atoms with E-state index in [1.807, 2.05) is 44.2 Å². The Balaban J connectivity index is 2.11. The Bertz CT molecular complexity index is 796. The van der Waals surface area contributed by atoms with Crippen LogP contribution in [0, 0.1) is 5.92 Å². The number of amides is 4. The molecule has 4 amide bonds. The second-order valence-electron chi connectivity index (χ2n) is 8.36. The van der Waals surface area contributed by atoms with Gasteiger partial charge in [-0.15, -0.1) is 0 Å². The largest absolute Gasteiger partial charge is 0.368 e. The number of rotatable bonds is 9. The maximum absolute atomic E-state index is 13.2. The predicted molar refractivity (Wildman–Crippen MR) is 116 cm³/mol. The van der Waals surface area contributed by atoms with Gasteiger partial charge in [-0.2, -0.15) is 0 Å². The molecule has 1 aliphatic heterocycles. The zero-order valence-corrected chi connectivity index (χ0v) is 18.3. The van der Waals surface area contributed by atoms with E-state index >= 15 is 0 Å². The zero-order valence-electron chi connectivity index (χ0n) is 18.3. The van der Waals surface area contributed by atoms with Crippen molar-refractivity contribution in [3.63, 3.8) is 0 Å². The first-order chi connectivity index (χ1) is 14.6. The van der Waals surface area contributed by atoms with Crippen molar-refractivity contribution in [2.45, 2.75) is 64.2 Å². The van der Waals surface area contributed by atoms with Gasteiger partial charge in [0.2, 0.25) is 23.6 Å². The van der Waals surface area contributed by atoms with E-state index in [4.69, 9.17) is 11.5 Å². The summed E-state index contributed by atoms with van der Waals surface area (Å²) in [7, 11) is 0. The SMILES string of the molecule is CC(C)[C@@H](NC(=O)[C@@H](C)N)C(=O)N1CCC[C@@H]1C(=O)N[C@H](Cc1ccccc1)C(N)=O. The molecule has 9 heteroatoms. The number of nitrogens with one attached hydrogen (secondary N) is 2. The molecule has 0 bridgehead atoms. The van der Waals surface area contributed by atoms with E-state index in [0.717, 1.165) is 5.56 Å². The molecule has 0 radical (unpaired) electrons. The maximum Gasteiger partial charge on any atom is 0.246 e. The van der Waals surface area contributed by atoms with Crippen LogP contribution in [0.2, 0.25) is 0 Å². The van der Waals surface area contributed by atoms with Crippen molar-refractivity contribution in [1.29, 1.82) is 0 Å². The Kier molecular flexibility index (Phi) is 8.56. The topological polar surface area (TPSA) is 148 Å². The molecule has 0 unspecified atom stereocenters. The van der Waals surface area contributed by atoms with Crippen LogP contribution in [0.25, 0.3) is 0 Å². The van der Waals surface area contributed by atoms with Crippen LogP contribution in [-0.2, 0) is 25.6 Å². The molecule has 1 heterocycles. The molecule has 0 spiro atoms. The maximum atomic E-state index is 13.2. The zero-order chi connectivity index (χ0) is 23.1. The lowest BCUT2D eigenvalue weighted by Gasteiger charge is -2.31. The number of carbonyl (C=O) groups excluding carboxylic acids is 4. The average Bonchev–Trinajstić information content (AvgIpc) is 3.21. The third kappa shape index (κ3) is 6.52. The number of hydrogen-bond acceptors (Lipinski definition) is 5. The van der Waals surface area contributed by atoms with Gasteiger partial charge in [0.25, 0.3) is 0 Å². The van der Waals surface area contributed by atoms with Gasteiger partial charge in [-0.3, -0.25) is 19.2 Å². The highest BCUT2D eigenvalue weighted by atomic mass is 16.2. The minimum absolute atomic E-state index is 0.184. The van der Waals surface area contributed by atoms with Crippen LogP contribution in [0.5, 0.6) is 0 Å². The summed E-state index contributed by atoms with van der Waals surface area (Å²) in [5, 5.41) is 5.39. The van der Waals surface area contributed by atoms with Crippen molar-refractivity contribution in [3.8, 4) is 0 Å². The molecule has 1 aliphatic rings. The average molecular weight is 432 g/mol. The molecule has 0 aliphatic carbocycles. The molecule has 1 fully saturated rings. The molecule has 31 heavy (non-hydrogen) atoms. The molecular weight excluding hydrogens is 398 g/mol. The minimum atomic E-state index is -0.883. The molecule has 170 valence electrons. The molecule has 0 aromatic heterocycles. The van der Waals surface area contributed by atoms with Gasteiger partial charge in [-0.1, -0.05) is 44.2 Å². The Morgan fingerprint density at radius 3 is 2.29 bits per heavy atom. The molecule has 6 N–H and O–H groups in total. The summed E-state index contributed by atoms with van der Waals surface area (Å²) < 4.78 is 0. The number of nitrogens with two attached hydrogens (primary N) is 2. The van der Waals surface area contributed by atoms with Crippen LogP contribution in [0.3, 0.4) is 0 Å². The van der Waals surface area contributed by atoms with E-state index in [1.165, 1.54) is 4.90 Å². The fourth-order valence-electron chi connectivity index (χ4n) is 3.62. The van der Waals surface area contributed by atoms with Gasteiger partial charge < -0.3 is 27.0 Å². The number of benzene rings is 1. The van der Waals surface area contributed by atoms with Gasteiger partial charge in [0.1, 0.15) is 18.1 Å². The summed E-state index contributed by atoms with van der Waals surface area (Å²) in [5.74, 6) is -2.01. The van der Waals surface area contributed by atoms with Crippen molar-refractivity contribution < 1.29 is 19.2 Å². The van der Waals surface area contributed by atoms with Crippen LogP contribution in [0.15, 0.2) is 30.3 Å². The van der Waals surface area contributed by atoms with Gasteiger partial charge >= 0.3 is 0 Å². The number of carbonyl (C=O) groups is 4. The summed E-state index contributed by atoms with van der Waals surface area (Å²) in [4.78, 5) is 51.6. The van der Waals surface area contributed by atoms with E-state index in [9.17, 15) is 19.2 Å². The van der Waals surface area contributed by atoms with Crippen LogP contribution in [-0.4, -0.2) is 59.2 Å². The molecular formula is C22H33N5O4. The third-order valence-electron chi connectivity index (χ3n) is 5.43. The highest BCUT2D eigenvalue weighted by molar-refractivity contribution is 5.95. The molecule has 0 saturated carbocycles. The van der Waals surface area contributed by atoms with Crippen LogP contribution in [0.4, 0.5) is 0 Å². The van der Waals surface area contributed by atoms with Crippen molar-refractivity contribution >= 4 is 23.6 Å². The summed E-state index contributed by atoms with van der Waals surface area (Å²) in [6.45, 7) is 5.57. The number of nitrogens with zero attached hydrogens (tertiary/aromatic N) is 1. The van der Waals surface area contributed by atoms with Crippen LogP contribution in [0.1, 0.15) is 39.2 Å². The number of likely N-dealkylation sites (tertiary alicyclic amines) is 1. The fraction of sp³-hybridized carbons (Fsp3) is 0.545. The lowest BCUT2D eigenvalue weighted by molar-refractivity contribution is -0.143. The highest BCUT2D eigenvalue weighted by Crippen LogP contribution is 2.21. The van der Waals surface area contributed by atoms with Gasteiger partial charge in [-0.05, 0) is 31.2 Å². The summed E-state index contributed by atoms with van der Waals surface area (Å²) in [6.07, 6.45) is 1.39. The minimum Gasteiger partial charge on any atom is -0.368 e. The second kappa shape index (κ2) is 10.9. The van der Waals surface area contributed by atoms with E-state index < -0.39 is 41.9 Å². The lowest BCUT2D eigenvalue weighted by atomic mass is 10.0. The molecule has 1 aromatic carbocycles. The van der Waals surface area contributed by atoms with Crippen molar-refractivity contribution in [3.05, 3.63) is 35.9 Å². The third-order valence-corrected chi connectivity index (χ3v) is 5.43. The molecule has 1 saturated heterocycles. The summed E-state index contributed by atoms with van der Waals surface area (Å²) in [5.41, 5.74) is 12.0. The van der Waals surface area contributed by atoms with Crippen LogP contribution >= 0.6 is 0 Å². The Hall–Kier alpha value is -2.94. The highest BCUT2D eigenvalue weighted by Gasteiger charge is 2.39. The fourth-order valence-corrected chi connectivity index (χ4v) is 3.62. The van der Waals surface area contributed by atoms with Crippen LogP contribution < -0.4 is 22.1 Å². The number of primary amides is 1. The monoisotopic (exact) mass is 431 g/mol. The molecule has 4 atom stereocenters. The molecule has 1 aromatic rings. The van der Waals surface area contributed by atoms with E-state index in [0.29, 0.717) is 19.4 Å². The number of hydrogen-bond donors (Lipinski definition) is 4. The van der Waals surface area contributed by atoms with Gasteiger partial charge in [0.05, 0.1) is 6.04 Å². The quantitative estimate of drug-likeness (QED) is 0.423. The first-order valence-electron chi connectivity index (χ1n) is 10.6. The van der Waals surface area contributed by atoms with E-state index in [1.54, 1.807) is 6.92 Å². The lowest BCUT2D eigenvalue weighted by Crippen LogP contribution is -2.58. The standard InChI is InChI=1S/C22H33N5O4/c1-13(2)18(26-20(29)14(3)23)22(31)27-11-7-10-17(27)21(30)25-16(19(24)28)12-15-8-5-4-6-9-15/h4-6,8-9,13-14,16-18H,7,10-12,23H2,1-3H3,(H2,24,28)(H,25,30)(H,26,29)/t14-,16-,17-,18-/m1/s1. The van der Waals surface area contributed by atoms with E-state index in [-0.39, 0.29) is 18.2 Å². The van der Waals surface area contributed by atoms with Gasteiger partial charge in [0, 0.05) is 13.0 Å². The summed E-state index contributed by atoms with van der Waals surface area (Å²) >= 11 is 0. The predicted octanol–water partition coefficient (Wildman–Crippen LogP) is -0.322. The first kappa shape index (κ1) is 24.3. The van der Waals surface area contributed by atoms with Crippen molar-refractivity contribution in [1.82, 2.24) is 15.5 Å². The first-order valence-corrected chi connectivity index (χ1v) is 10.6. The molecule has 2 rings (SSSR count). The van der Waals surface area contributed by atoms with Gasteiger partial charge in [0.15, 0.2) is 0 Å². The Morgan fingerprint density at radius 2 is 1.74 bits per heavy atom. The van der Waals surface area contributed by atoms with Crippen molar-refractivity contribution in [2.75, 3.05) is 6.54 Å². The molecule has 9 nitrogen and oxygen atoms in total. The normalized spacial score (nSPS) is 18.9. The van der Waals surface area contributed by atoms with Gasteiger partial charge in [-0.25, -0.2) is 0 Å².